The SMILES string of the molecule is Cc1ccc(NC(=O)c2cccs2)cc1NC(=O)c1ccccc1C(=O)O. The van der Waals surface area contributed by atoms with E-state index in [1.165, 1.54) is 23.5 Å². The van der Waals surface area contributed by atoms with Crippen molar-refractivity contribution in [3.05, 3.63) is 81.5 Å². The number of carboxylic acids is 1. The van der Waals surface area contributed by atoms with Crippen LogP contribution >= 0.6 is 11.3 Å². The largest absolute Gasteiger partial charge is 0.478 e. The van der Waals surface area contributed by atoms with Gasteiger partial charge in [0.05, 0.1) is 16.0 Å². The Hall–Kier alpha value is -3.45. The lowest BCUT2D eigenvalue weighted by atomic mass is 10.1. The molecule has 0 spiro atoms. The number of benzene rings is 2. The van der Waals surface area contributed by atoms with E-state index in [1.807, 2.05) is 12.3 Å². The normalized spacial score (nSPS) is 10.3. The Bertz CT molecular complexity index is 1010. The summed E-state index contributed by atoms with van der Waals surface area (Å²) >= 11 is 1.33. The van der Waals surface area contributed by atoms with Crippen LogP contribution in [0.5, 0.6) is 0 Å². The lowest BCUT2D eigenvalue weighted by Gasteiger charge is -2.12. The highest BCUT2D eigenvalue weighted by molar-refractivity contribution is 7.12. The van der Waals surface area contributed by atoms with Crippen LogP contribution in [0.2, 0.25) is 0 Å². The van der Waals surface area contributed by atoms with Crippen molar-refractivity contribution >= 4 is 40.5 Å². The number of hydrogen-bond acceptors (Lipinski definition) is 4. The van der Waals surface area contributed by atoms with E-state index in [0.717, 1.165) is 5.56 Å². The zero-order valence-corrected chi connectivity index (χ0v) is 15.2. The Balaban J connectivity index is 1.82. The summed E-state index contributed by atoms with van der Waals surface area (Å²) in [6.07, 6.45) is 0. The number of carboxylic acid groups (broad SMARTS) is 1. The highest BCUT2D eigenvalue weighted by Gasteiger charge is 2.17. The zero-order chi connectivity index (χ0) is 19.4. The molecular weight excluding hydrogens is 364 g/mol. The van der Waals surface area contributed by atoms with E-state index in [0.29, 0.717) is 16.3 Å². The zero-order valence-electron chi connectivity index (χ0n) is 14.4. The second kappa shape index (κ2) is 7.84. The Morgan fingerprint density at radius 1 is 0.889 bits per heavy atom. The van der Waals surface area contributed by atoms with Crippen molar-refractivity contribution < 1.29 is 19.5 Å². The molecule has 0 unspecified atom stereocenters. The van der Waals surface area contributed by atoms with Gasteiger partial charge in [-0.15, -0.1) is 11.3 Å². The lowest BCUT2D eigenvalue weighted by Crippen LogP contribution is -2.17. The molecule has 7 heteroatoms. The minimum atomic E-state index is -1.17. The van der Waals surface area contributed by atoms with Crippen LogP contribution in [0.4, 0.5) is 11.4 Å². The highest BCUT2D eigenvalue weighted by Crippen LogP contribution is 2.23. The quantitative estimate of drug-likeness (QED) is 0.616. The number of aromatic carboxylic acids is 1. The summed E-state index contributed by atoms with van der Waals surface area (Å²) in [5, 5.41) is 16.6. The molecule has 0 fully saturated rings. The fourth-order valence-corrected chi connectivity index (χ4v) is 3.11. The van der Waals surface area contributed by atoms with Gasteiger partial charge in [0.1, 0.15) is 0 Å². The molecule has 6 nitrogen and oxygen atoms in total. The molecule has 1 heterocycles. The predicted molar refractivity (Wildman–Crippen MR) is 105 cm³/mol. The van der Waals surface area contributed by atoms with Gasteiger partial charge in [0, 0.05) is 11.4 Å². The molecule has 136 valence electrons. The molecule has 0 aliphatic carbocycles. The number of amides is 2. The molecule has 2 amide bonds. The van der Waals surface area contributed by atoms with Crippen LogP contribution in [0, 0.1) is 6.92 Å². The third-order valence-electron chi connectivity index (χ3n) is 3.89. The molecule has 27 heavy (non-hydrogen) atoms. The number of nitrogens with one attached hydrogen (secondary N) is 2. The van der Waals surface area contributed by atoms with Crippen molar-refractivity contribution in [2.24, 2.45) is 0 Å². The molecule has 3 N–H and O–H groups in total. The third kappa shape index (κ3) is 4.21. The molecule has 3 rings (SSSR count). The van der Waals surface area contributed by atoms with Gasteiger partial charge in [-0.05, 0) is 48.2 Å². The molecule has 0 bridgehead atoms. The first kappa shape index (κ1) is 18.3. The van der Waals surface area contributed by atoms with E-state index in [2.05, 4.69) is 10.6 Å². The molecule has 0 aliphatic rings. The van der Waals surface area contributed by atoms with Crippen LogP contribution in [0.25, 0.3) is 0 Å². The van der Waals surface area contributed by atoms with Gasteiger partial charge in [0.25, 0.3) is 11.8 Å². The Morgan fingerprint density at radius 3 is 2.30 bits per heavy atom. The first-order valence-electron chi connectivity index (χ1n) is 8.05. The maximum Gasteiger partial charge on any atom is 0.336 e. The molecular formula is C20H16N2O4S. The number of carbonyl (C=O) groups excluding carboxylic acids is 2. The molecule has 1 aromatic heterocycles. The summed E-state index contributed by atoms with van der Waals surface area (Å²) in [6, 6.07) is 14.7. The van der Waals surface area contributed by atoms with Gasteiger partial charge in [0.2, 0.25) is 0 Å². The molecule has 2 aromatic carbocycles. The number of rotatable bonds is 5. The van der Waals surface area contributed by atoms with Gasteiger partial charge in [-0.3, -0.25) is 9.59 Å². The third-order valence-corrected chi connectivity index (χ3v) is 4.76. The van der Waals surface area contributed by atoms with Crippen LogP contribution in [0.3, 0.4) is 0 Å². The van der Waals surface area contributed by atoms with Crippen LogP contribution in [-0.4, -0.2) is 22.9 Å². The molecule has 0 aliphatic heterocycles. The minimum absolute atomic E-state index is 0.0671. The van der Waals surface area contributed by atoms with E-state index >= 15 is 0 Å². The van der Waals surface area contributed by atoms with Gasteiger partial charge in [0.15, 0.2) is 0 Å². The molecule has 0 saturated carbocycles. The Morgan fingerprint density at radius 2 is 1.63 bits per heavy atom. The monoisotopic (exact) mass is 380 g/mol. The number of aryl methyl sites for hydroxylation is 1. The number of anilines is 2. The summed E-state index contributed by atoms with van der Waals surface area (Å²) < 4.78 is 0. The number of hydrogen-bond donors (Lipinski definition) is 3. The van der Waals surface area contributed by atoms with Gasteiger partial charge in [-0.25, -0.2) is 4.79 Å². The van der Waals surface area contributed by atoms with Gasteiger partial charge in [-0.2, -0.15) is 0 Å². The van der Waals surface area contributed by atoms with Crippen molar-refractivity contribution in [1.82, 2.24) is 0 Å². The van der Waals surface area contributed by atoms with E-state index in [4.69, 9.17) is 0 Å². The molecule has 0 atom stereocenters. The second-order valence-corrected chi connectivity index (χ2v) is 6.71. The summed E-state index contributed by atoms with van der Waals surface area (Å²) in [7, 11) is 0. The summed E-state index contributed by atoms with van der Waals surface area (Å²) in [4.78, 5) is 36.6. The summed E-state index contributed by atoms with van der Waals surface area (Å²) in [5.74, 6) is -1.94. The van der Waals surface area contributed by atoms with Crippen molar-refractivity contribution in [1.29, 1.82) is 0 Å². The standard InChI is InChI=1S/C20H16N2O4S/c1-12-8-9-13(21-19(24)17-7-4-10-27-17)11-16(12)22-18(23)14-5-2-3-6-15(14)20(25)26/h2-11H,1H3,(H,21,24)(H,22,23)(H,25,26). The number of thiophene rings is 1. The van der Waals surface area contributed by atoms with Crippen molar-refractivity contribution in [3.63, 3.8) is 0 Å². The first-order valence-corrected chi connectivity index (χ1v) is 8.93. The van der Waals surface area contributed by atoms with Crippen LogP contribution in [0.15, 0.2) is 60.0 Å². The Kier molecular flexibility index (Phi) is 5.33. The fourth-order valence-electron chi connectivity index (χ4n) is 2.49. The molecule has 0 radical (unpaired) electrons. The van der Waals surface area contributed by atoms with E-state index in [1.54, 1.807) is 42.5 Å². The maximum absolute atomic E-state index is 12.6. The van der Waals surface area contributed by atoms with Crippen LogP contribution in [0.1, 0.15) is 36.0 Å². The van der Waals surface area contributed by atoms with Gasteiger partial charge < -0.3 is 15.7 Å². The maximum atomic E-state index is 12.6. The topological polar surface area (TPSA) is 95.5 Å². The molecule has 0 saturated heterocycles. The van der Waals surface area contributed by atoms with E-state index in [9.17, 15) is 19.5 Å². The summed E-state index contributed by atoms with van der Waals surface area (Å²) in [5.41, 5.74) is 1.79. The lowest BCUT2D eigenvalue weighted by molar-refractivity contribution is 0.0692. The molecule has 3 aromatic rings. The second-order valence-electron chi connectivity index (χ2n) is 5.77. The minimum Gasteiger partial charge on any atom is -0.478 e. The van der Waals surface area contributed by atoms with Gasteiger partial charge >= 0.3 is 5.97 Å². The highest BCUT2D eigenvalue weighted by atomic mass is 32.1. The van der Waals surface area contributed by atoms with Gasteiger partial charge in [-0.1, -0.05) is 24.3 Å². The van der Waals surface area contributed by atoms with Crippen molar-refractivity contribution in [2.45, 2.75) is 6.92 Å². The summed E-state index contributed by atoms with van der Waals surface area (Å²) in [6.45, 7) is 1.81. The average Bonchev–Trinajstić information content (AvgIpc) is 3.19. The predicted octanol–water partition coefficient (Wildman–Crippen LogP) is 4.26. The van der Waals surface area contributed by atoms with E-state index in [-0.39, 0.29) is 17.0 Å². The van der Waals surface area contributed by atoms with Crippen LogP contribution in [-0.2, 0) is 0 Å². The van der Waals surface area contributed by atoms with E-state index < -0.39 is 11.9 Å². The fraction of sp³-hybridized carbons (Fsp3) is 0.0500. The first-order chi connectivity index (χ1) is 13.0. The Labute approximate surface area is 159 Å². The van der Waals surface area contributed by atoms with Crippen molar-refractivity contribution in [3.8, 4) is 0 Å². The van der Waals surface area contributed by atoms with Crippen molar-refractivity contribution in [2.75, 3.05) is 10.6 Å². The average molecular weight is 380 g/mol. The smallest absolute Gasteiger partial charge is 0.336 e. The number of carbonyl (C=O) groups is 3. The van der Waals surface area contributed by atoms with Crippen LogP contribution < -0.4 is 10.6 Å².